The first-order chi connectivity index (χ1) is 7.85. The van der Waals surface area contributed by atoms with E-state index in [1.165, 1.54) is 0 Å². The lowest BCUT2D eigenvalue weighted by atomic mass is 10.3. The van der Waals surface area contributed by atoms with Gasteiger partial charge in [0.15, 0.2) is 0 Å². The third kappa shape index (κ3) is 2.30. The standard InChI is InChI=1S/C12H16ClN3/c1-2-16(9-5-8-13)12-14-10-6-3-4-7-11(10)15-12/h3-4,6-7H,2,5,8-9H2,1H3,(H,14,15). The maximum atomic E-state index is 5.71. The highest BCUT2D eigenvalue weighted by atomic mass is 35.5. The number of nitrogens with one attached hydrogen (secondary N) is 1. The minimum Gasteiger partial charge on any atom is -0.343 e. The van der Waals surface area contributed by atoms with Crippen molar-refractivity contribution in [2.24, 2.45) is 0 Å². The van der Waals surface area contributed by atoms with Crippen molar-refractivity contribution in [3.8, 4) is 0 Å². The van der Waals surface area contributed by atoms with E-state index in [1.807, 2.05) is 24.3 Å². The van der Waals surface area contributed by atoms with Gasteiger partial charge in [0.2, 0.25) is 5.95 Å². The topological polar surface area (TPSA) is 31.9 Å². The van der Waals surface area contributed by atoms with Gasteiger partial charge in [0.1, 0.15) is 0 Å². The summed E-state index contributed by atoms with van der Waals surface area (Å²) in [7, 11) is 0. The maximum absolute atomic E-state index is 5.71. The molecule has 0 bridgehead atoms. The van der Waals surface area contributed by atoms with Gasteiger partial charge < -0.3 is 9.88 Å². The number of alkyl halides is 1. The van der Waals surface area contributed by atoms with Crippen LogP contribution in [0.4, 0.5) is 5.95 Å². The minimum atomic E-state index is 0.691. The Balaban J connectivity index is 2.23. The molecule has 16 heavy (non-hydrogen) atoms. The van der Waals surface area contributed by atoms with E-state index in [-0.39, 0.29) is 0 Å². The predicted molar refractivity (Wildman–Crippen MR) is 69.3 cm³/mol. The normalized spacial score (nSPS) is 10.9. The van der Waals surface area contributed by atoms with Crippen molar-refractivity contribution in [1.82, 2.24) is 9.97 Å². The lowest BCUT2D eigenvalue weighted by Gasteiger charge is -2.18. The first-order valence-electron chi connectivity index (χ1n) is 5.60. The molecule has 3 nitrogen and oxygen atoms in total. The van der Waals surface area contributed by atoms with Crippen molar-refractivity contribution < 1.29 is 0 Å². The number of fused-ring (bicyclic) bond motifs is 1. The summed E-state index contributed by atoms with van der Waals surface area (Å²) in [6, 6.07) is 8.08. The number of halogens is 1. The number of nitrogens with zero attached hydrogens (tertiary/aromatic N) is 2. The van der Waals surface area contributed by atoms with Crippen LogP contribution < -0.4 is 4.90 Å². The minimum absolute atomic E-state index is 0.691. The fourth-order valence-corrected chi connectivity index (χ4v) is 1.87. The van der Waals surface area contributed by atoms with Gasteiger partial charge in [0.25, 0.3) is 0 Å². The second kappa shape index (κ2) is 5.21. The number of hydrogen-bond donors (Lipinski definition) is 1. The van der Waals surface area contributed by atoms with Gasteiger partial charge in [-0.1, -0.05) is 12.1 Å². The Morgan fingerprint density at radius 1 is 1.38 bits per heavy atom. The van der Waals surface area contributed by atoms with Crippen molar-refractivity contribution in [3.05, 3.63) is 24.3 Å². The zero-order valence-electron chi connectivity index (χ0n) is 9.41. The Labute approximate surface area is 100 Å². The number of H-pyrrole nitrogens is 1. The maximum Gasteiger partial charge on any atom is 0.203 e. The molecule has 0 spiro atoms. The molecule has 0 aliphatic heterocycles. The van der Waals surface area contributed by atoms with Crippen molar-refractivity contribution in [2.45, 2.75) is 13.3 Å². The molecule has 0 amide bonds. The fraction of sp³-hybridized carbons (Fsp3) is 0.417. The molecule has 0 atom stereocenters. The van der Waals surface area contributed by atoms with E-state index in [4.69, 9.17) is 11.6 Å². The van der Waals surface area contributed by atoms with Crippen LogP contribution in [0.5, 0.6) is 0 Å². The molecule has 86 valence electrons. The second-order valence-electron chi connectivity index (χ2n) is 3.70. The Kier molecular flexibility index (Phi) is 3.67. The molecular formula is C12H16ClN3. The summed E-state index contributed by atoms with van der Waals surface area (Å²) in [5.41, 5.74) is 2.10. The SMILES string of the molecule is CCN(CCCCl)c1nc2ccccc2[nH]1. The summed E-state index contributed by atoms with van der Waals surface area (Å²) in [5, 5.41) is 0. The second-order valence-corrected chi connectivity index (χ2v) is 4.08. The van der Waals surface area contributed by atoms with E-state index in [0.29, 0.717) is 5.88 Å². The Morgan fingerprint density at radius 3 is 2.88 bits per heavy atom. The van der Waals surface area contributed by atoms with Gasteiger partial charge in [-0.05, 0) is 25.5 Å². The number of imidazole rings is 1. The zero-order valence-corrected chi connectivity index (χ0v) is 10.2. The molecule has 0 unspecified atom stereocenters. The number of aromatic nitrogens is 2. The summed E-state index contributed by atoms with van der Waals surface area (Å²) in [5.74, 6) is 1.63. The van der Waals surface area contributed by atoms with Crippen LogP contribution in [0.1, 0.15) is 13.3 Å². The van der Waals surface area contributed by atoms with Crippen LogP contribution in [-0.4, -0.2) is 28.9 Å². The van der Waals surface area contributed by atoms with Gasteiger partial charge in [-0.15, -0.1) is 11.6 Å². The van der Waals surface area contributed by atoms with Gasteiger partial charge in [0, 0.05) is 19.0 Å². The quantitative estimate of drug-likeness (QED) is 0.811. The number of benzene rings is 1. The molecule has 1 heterocycles. The Hall–Kier alpha value is -1.22. The molecule has 0 fully saturated rings. The third-order valence-electron chi connectivity index (χ3n) is 2.62. The lowest BCUT2D eigenvalue weighted by molar-refractivity contribution is 0.773. The molecule has 2 rings (SSSR count). The Bertz CT molecular complexity index is 419. The third-order valence-corrected chi connectivity index (χ3v) is 2.89. The monoisotopic (exact) mass is 237 g/mol. The average Bonchev–Trinajstić information content (AvgIpc) is 2.73. The molecule has 4 heteroatoms. The highest BCUT2D eigenvalue weighted by Gasteiger charge is 2.08. The van der Waals surface area contributed by atoms with E-state index in [2.05, 4.69) is 21.8 Å². The molecule has 0 saturated heterocycles. The summed E-state index contributed by atoms with van der Waals surface area (Å²) in [4.78, 5) is 10.1. The number of para-hydroxylation sites is 2. The Morgan fingerprint density at radius 2 is 2.19 bits per heavy atom. The molecular weight excluding hydrogens is 222 g/mol. The molecule has 0 radical (unpaired) electrons. The molecule has 1 aromatic carbocycles. The van der Waals surface area contributed by atoms with Crippen molar-refractivity contribution in [2.75, 3.05) is 23.9 Å². The number of hydrogen-bond acceptors (Lipinski definition) is 2. The van der Waals surface area contributed by atoms with Gasteiger partial charge >= 0.3 is 0 Å². The highest BCUT2D eigenvalue weighted by molar-refractivity contribution is 6.17. The smallest absolute Gasteiger partial charge is 0.203 e. The summed E-state index contributed by atoms with van der Waals surface area (Å²) in [6.45, 7) is 4.01. The molecule has 1 aromatic heterocycles. The van der Waals surface area contributed by atoms with Gasteiger partial charge in [-0.2, -0.15) is 0 Å². The van der Waals surface area contributed by atoms with Crippen LogP contribution in [0.3, 0.4) is 0 Å². The predicted octanol–water partition coefficient (Wildman–Crippen LogP) is 3.02. The molecule has 0 aliphatic carbocycles. The van der Waals surface area contributed by atoms with E-state index in [1.54, 1.807) is 0 Å². The van der Waals surface area contributed by atoms with Crippen LogP contribution in [0.15, 0.2) is 24.3 Å². The fourth-order valence-electron chi connectivity index (χ4n) is 1.75. The largest absolute Gasteiger partial charge is 0.343 e. The van der Waals surface area contributed by atoms with Crippen molar-refractivity contribution in [1.29, 1.82) is 0 Å². The lowest BCUT2D eigenvalue weighted by Crippen LogP contribution is -2.25. The number of aromatic amines is 1. The first-order valence-corrected chi connectivity index (χ1v) is 6.14. The van der Waals surface area contributed by atoms with Crippen molar-refractivity contribution >= 4 is 28.6 Å². The van der Waals surface area contributed by atoms with Gasteiger partial charge in [0.05, 0.1) is 11.0 Å². The molecule has 1 N–H and O–H groups in total. The summed E-state index contributed by atoms with van der Waals surface area (Å²) >= 11 is 5.71. The summed E-state index contributed by atoms with van der Waals surface area (Å²) < 4.78 is 0. The average molecular weight is 238 g/mol. The van der Waals surface area contributed by atoms with Crippen LogP contribution >= 0.6 is 11.6 Å². The van der Waals surface area contributed by atoms with Gasteiger partial charge in [-0.25, -0.2) is 4.98 Å². The molecule has 0 aliphatic rings. The zero-order chi connectivity index (χ0) is 11.4. The number of rotatable bonds is 5. The van der Waals surface area contributed by atoms with E-state index in [9.17, 15) is 0 Å². The van der Waals surface area contributed by atoms with Gasteiger partial charge in [-0.3, -0.25) is 0 Å². The summed E-state index contributed by atoms with van der Waals surface area (Å²) in [6.07, 6.45) is 0.979. The van der Waals surface area contributed by atoms with E-state index < -0.39 is 0 Å². The van der Waals surface area contributed by atoms with Crippen LogP contribution in [0, 0.1) is 0 Å². The van der Waals surface area contributed by atoms with Crippen LogP contribution in [-0.2, 0) is 0 Å². The first kappa shape index (κ1) is 11.3. The number of anilines is 1. The van der Waals surface area contributed by atoms with Crippen molar-refractivity contribution in [3.63, 3.8) is 0 Å². The highest BCUT2D eigenvalue weighted by Crippen LogP contribution is 2.16. The van der Waals surface area contributed by atoms with Crippen LogP contribution in [0.25, 0.3) is 11.0 Å². The van der Waals surface area contributed by atoms with E-state index >= 15 is 0 Å². The molecule has 0 saturated carbocycles. The van der Waals surface area contributed by atoms with Crippen LogP contribution in [0.2, 0.25) is 0 Å². The van der Waals surface area contributed by atoms with E-state index in [0.717, 1.165) is 36.5 Å². The molecule has 2 aromatic rings.